The molecule has 1 N–H and O–H groups in total. The molecule has 6 heteroatoms. The first kappa shape index (κ1) is 15.4. The van der Waals surface area contributed by atoms with Crippen LogP contribution in [0.4, 0.5) is 0 Å². The van der Waals surface area contributed by atoms with Gasteiger partial charge in [0.1, 0.15) is 5.75 Å². The summed E-state index contributed by atoms with van der Waals surface area (Å²) in [7, 11) is 1.71. The standard InChI is InChI=1S/C16H21N3O2S/c1-11-18-16(21-19-11)7-8-17-14-4-3-9-22-15-6-5-12(20-2)10-13(14)15/h5-6,10,14,17H,3-4,7-9H2,1-2H3/t14-/m0/s1. The molecule has 0 spiro atoms. The highest BCUT2D eigenvalue weighted by Gasteiger charge is 2.19. The average Bonchev–Trinajstić information content (AvgIpc) is 2.84. The summed E-state index contributed by atoms with van der Waals surface area (Å²) in [6.45, 7) is 2.67. The quantitative estimate of drug-likeness (QED) is 0.913. The van der Waals surface area contributed by atoms with Gasteiger partial charge < -0.3 is 14.6 Å². The Morgan fingerprint density at radius 3 is 3.14 bits per heavy atom. The van der Waals surface area contributed by atoms with Crippen LogP contribution in [0.1, 0.15) is 36.2 Å². The van der Waals surface area contributed by atoms with Gasteiger partial charge >= 0.3 is 0 Å². The third-order valence-corrected chi connectivity index (χ3v) is 4.96. The smallest absolute Gasteiger partial charge is 0.227 e. The predicted molar refractivity (Wildman–Crippen MR) is 86.4 cm³/mol. The summed E-state index contributed by atoms with van der Waals surface area (Å²) in [4.78, 5) is 5.59. The third-order valence-electron chi connectivity index (χ3n) is 3.79. The zero-order valence-corrected chi connectivity index (χ0v) is 13.8. The average molecular weight is 319 g/mol. The minimum Gasteiger partial charge on any atom is -0.497 e. The van der Waals surface area contributed by atoms with E-state index in [1.807, 2.05) is 24.8 Å². The molecule has 0 aliphatic carbocycles. The van der Waals surface area contributed by atoms with Crippen LogP contribution in [0.5, 0.6) is 5.75 Å². The molecule has 0 radical (unpaired) electrons. The second kappa shape index (κ2) is 7.15. The zero-order chi connectivity index (χ0) is 15.4. The lowest BCUT2D eigenvalue weighted by atomic mass is 10.0. The molecule has 5 nitrogen and oxygen atoms in total. The predicted octanol–water partition coefficient (Wildman–Crippen LogP) is 3.15. The Hall–Kier alpha value is -1.53. The Morgan fingerprint density at radius 2 is 2.36 bits per heavy atom. The van der Waals surface area contributed by atoms with Crippen molar-refractivity contribution in [3.05, 3.63) is 35.5 Å². The van der Waals surface area contributed by atoms with Crippen molar-refractivity contribution in [2.45, 2.75) is 37.1 Å². The Labute approximate surface area is 134 Å². The second-order valence-corrected chi connectivity index (χ2v) is 6.52. The van der Waals surface area contributed by atoms with Crippen molar-refractivity contribution in [1.82, 2.24) is 15.5 Å². The van der Waals surface area contributed by atoms with E-state index in [1.165, 1.54) is 22.6 Å². The highest BCUT2D eigenvalue weighted by Crippen LogP contribution is 2.36. The summed E-state index contributed by atoms with van der Waals surface area (Å²) in [5, 5.41) is 7.45. The first-order valence-corrected chi connectivity index (χ1v) is 8.58. The first-order chi connectivity index (χ1) is 10.8. The number of nitrogens with one attached hydrogen (secondary N) is 1. The second-order valence-electron chi connectivity index (χ2n) is 5.39. The van der Waals surface area contributed by atoms with Crippen LogP contribution in [-0.4, -0.2) is 29.5 Å². The molecule has 1 aliphatic rings. The number of nitrogens with zero attached hydrogens (tertiary/aromatic N) is 2. The van der Waals surface area contributed by atoms with Crippen LogP contribution in [0.2, 0.25) is 0 Å². The van der Waals surface area contributed by atoms with Crippen LogP contribution in [0.25, 0.3) is 0 Å². The monoisotopic (exact) mass is 319 g/mol. The van der Waals surface area contributed by atoms with Gasteiger partial charge in [-0.15, -0.1) is 11.8 Å². The fraction of sp³-hybridized carbons (Fsp3) is 0.500. The molecule has 2 heterocycles. The van der Waals surface area contributed by atoms with Crippen molar-refractivity contribution < 1.29 is 9.26 Å². The highest BCUT2D eigenvalue weighted by atomic mass is 32.2. The van der Waals surface area contributed by atoms with Crippen molar-refractivity contribution in [2.24, 2.45) is 0 Å². The third kappa shape index (κ3) is 3.62. The van der Waals surface area contributed by atoms with E-state index in [1.54, 1.807) is 7.11 Å². The van der Waals surface area contributed by atoms with Gasteiger partial charge in [-0.1, -0.05) is 5.16 Å². The summed E-state index contributed by atoms with van der Waals surface area (Å²) in [6.07, 6.45) is 3.10. The molecule has 0 unspecified atom stereocenters. The minimum absolute atomic E-state index is 0.351. The largest absolute Gasteiger partial charge is 0.497 e. The molecular formula is C16H21N3O2S. The van der Waals surface area contributed by atoms with Gasteiger partial charge in [-0.25, -0.2) is 0 Å². The van der Waals surface area contributed by atoms with Gasteiger partial charge in [0, 0.05) is 23.9 Å². The zero-order valence-electron chi connectivity index (χ0n) is 13.0. The maximum atomic E-state index is 5.38. The van der Waals surface area contributed by atoms with Crippen LogP contribution in [-0.2, 0) is 6.42 Å². The van der Waals surface area contributed by atoms with Crippen molar-refractivity contribution in [3.8, 4) is 5.75 Å². The van der Waals surface area contributed by atoms with E-state index in [-0.39, 0.29) is 0 Å². The molecule has 0 bridgehead atoms. The maximum absolute atomic E-state index is 5.38. The molecule has 2 aromatic rings. The number of thioether (sulfide) groups is 1. The summed E-state index contributed by atoms with van der Waals surface area (Å²) in [6, 6.07) is 6.71. The minimum atomic E-state index is 0.351. The van der Waals surface area contributed by atoms with Gasteiger partial charge in [0.15, 0.2) is 5.82 Å². The van der Waals surface area contributed by atoms with Gasteiger partial charge in [0.05, 0.1) is 7.11 Å². The molecule has 3 rings (SSSR count). The van der Waals surface area contributed by atoms with E-state index < -0.39 is 0 Å². The van der Waals surface area contributed by atoms with E-state index >= 15 is 0 Å². The number of fused-ring (bicyclic) bond motifs is 1. The number of aromatic nitrogens is 2. The van der Waals surface area contributed by atoms with E-state index in [0.29, 0.717) is 17.8 Å². The van der Waals surface area contributed by atoms with Crippen molar-refractivity contribution in [3.63, 3.8) is 0 Å². The SMILES string of the molecule is COc1ccc2c(c1)[C@@H](NCCc1nc(C)no1)CCCS2. The lowest BCUT2D eigenvalue weighted by Crippen LogP contribution is -2.24. The Bertz CT molecular complexity index is 630. The Balaban J connectivity index is 1.68. The summed E-state index contributed by atoms with van der Waals surface area (Å²) < 4.78 is 10.5. The van der Waals surface area contributed by atoms with Gasteiger partial charge in [0.2, 0.25) is 5.89 Å². The van der Waals surface area contributed by atoms with Gasteiger partial charge in [-0.05, 0) is 49.3 Å². The number of benzene rings is 1. The molecule has 1 aromatic carbocycles. The van der Waals surface area contributed by atoms with Crippen LogP contribution in [0.3, 0.4) is 0 Å². The topological polar surface area (TPSA) is 60.2 Å². The molecular weight excluding hydrogens is 298 g/mol. The number of hydrogen-bond donors (Lipinski definition) is 1. The van der Waals surface area contributed by atoms with Gasteiger partial charge in [-0.3, -0.25) is 0 Å². The molecule has 0 saturated heterocycles. The van der Waals surface area contributed by atoms with E-state index in [9.17, 15) is 0 Å². The lowest BCUT2D eigenvalue weighted by Gasteiger charge is -2.19. The Kier molecular flexibility index (Phi) is 5.00. The molecule has 1 aromatic heterocycles. The van der Waals surface area contributed by atoms with Crippen molar-refractivity contribution in [2.75, 3.05) is 19.4 Å². The summed E-state index contributed by atoms with van der Waals surface area (Å²) in [5.74, 6) is 3.47. The number of hydrogen-bond acceptors (Lipinski definition) is 6. The van der Waals surface area contributed by atoms with Crippen LogP contribution < -0.4 is 10.1 Å². The van der Waals surface area contributed by atoms with Crippen LogP contribution >= 0.6 is 11.8 Å². The van der Waals surface area contributed by atoms with Gasteiger partial charge in [-0.2, -0.15) is 4.98 Å². The van der Waals surface area contributed by atoms with Gasteiger partial charge in [0.25, 0.3) is 0 Å². The van der Waals surface area contributed by atoms with Crippen molar-refractivity contribution in [1.29, 1.82) is 0 Å². The summed E-state index contributed by atoms with van der Waals surface area (Å²) in [5.41, 5.74) is 1.34. The molecule has 1 aliphatic heterocycles. The number of ether oxygens (including phenoxy) is 1. The fourth-order valence-electron chi connectivity index (χ4n) is 2.69. The van der Waals surface area contributed by atoms with E-state index in [0.717, 1.165) is 25.1 Å². The molecule has 22 heavy (non-hydrogen) atoms. The number of aryl methyl sites for hydroxylation is 1. The molecule has 0 amide bonds. The highest BCUT2D eigenvalue weighted by molar-refractivity contribution is 7.99. The Morgan fingerprint density at radius 1 is 1.45 bits per heavy atom. The van der Waals surface area contributed by atoms with Crippen molar-refractivity contribution >= 4 is 11.8 Å². The van der Waals surface area contributed by atoms with Crippen LogP contribution in [0, 0.1) is 6.92 Å². The fourth-order valence-corrected chi connectivity index (χ4v) is 3.75. The molecule has 118 valence electrons. The van der Waals surface area contributed by atoms with E-state index in [4.69, 9.17) is 9.26 Å². The number of methoxy groups -OCH3 is 1. The maximum Gasteiger partial charge on any atom is 0.227 e. The number of rotatable bonds is 5. The van der Waals surface area contributed by atoms with Crippen LogP contribution in [0.15, 0.2) is 27.6 Å². The molecule has 0 saturated carbocycles. The first-order valence-electron chi connectivity index (χ1n) is 7.59. The summed E-state index contributed by atoms with van der Waals surface area (Å²) >= 11 is 1.93. The van der Waals surface area contributed by atoms with E-state index in [2.05, 4.69) is 27.6 Å². The molecule has 0 fully saturated rings. The normalized spacial score (nSPS) is 17.8. The molecule has 1 atom stereocenters. The lowest BCUT2D eigenvalue weighted by molar-refractivity contribution is 0.367.